The summed E-state index contributed by atoms with van der Waals surface area (Å²) in [5.41, 5.74) is 1.32. The number of nitrogens with one attached hydrogen (secondary N) is 2. The minimum atomic E-state index is -3.47. The average molecular weight is 441 g/mol. The predicted molar refractivity (Wildman–Crippen MR) is 115 cm³/mol. The molecule has 2 N–H and O–H groups in total. The van der Waals surface area contributed by atoms with E-state index in [9.17, 15) is 13.2 Å². The second-order valence-electron chi connectivity index (χ2n) is 7.49. The molecule has 2 aromatic carbocycles. The molecule has 8 nitrogen and oxygen atoms in total. The van der Waals surface area contributed by atoms with Gasteiger partial charge in [0.25, 0.3) is 5.91 Å². The van der Waals surface area contributed by atoms with Gasteiger partial charge >= 0.3 is 0 Å². The predicted octanol–water partition coefficient (Wildman–Crippen LogP) is 2.37. The summed E-state index contributed by atoms with van der Waals surface area (Å²) in [4.78, 5) is 16.8. The van der Waals surface area contributed by atoms with Crippen LogP contribution in [0.5, 0.6) is 5.75 Å². The first kappa shape index (κ1) is 21.1. The minimum Gasteiger partial charge on any atom is -0.486 e. The van der Waals surface area contributed by atoms with E-state index in [0.717, 1.165) is 24.2 Å². The van der Waals surface area contributed by atoms with E-state index in [2.05, 4.69) is 15.0 Å². The molecule has 1 amide bonds. The lowest BCUT2D eigenvalue weighted by atomic mass is 10.2. The largest absolute Gasteiger partial charge is 0.486 e. The van der Waals surface area contributed by atoms with E-state index in [1.54, 1.807) is 54.7 Å². The molecule has 0 atom stereocenters. The molecular formula is C22H24N4O4S. The summed E-state index contributed by atoms with van der Waals surface area (Å²) in [7, 11) is -1.57. The van der Waals surface area contributed by atoms with Gasteiger partial charge in [-0.15, -0.1) is 0 Å². The SMILES string of the molecule is Cn1ccnc1COc1ccc(C(=O)NCc2ccc(S(=O)(=O)NC3CC3)cc2)cc1. The van der Waals surface area contributed by atoms with Crippen molar-refractivity contribution >= 4 is 15.9 Å². The zero-order valence-corrected chi connectivity index (χ0v) is 17.9. The summed E-state index contributed by atoms with van der Waals surface area (Å²) in [5.74, 6) is 1.24. The second kappa shape index (κ2) is 8.91. The van der Waals surface area contributed by atoms with Crippen molar-refractivity contribution < 1.29 is 17.9 Å². The molecule has 9 heteroatoms. The van der Waals surface area contributed by atoms with Crippen molar-refractivity contribution in [2.75, 3.05) is 0 Å². The summed E-state index contributed by atoms with van der Waals surface area (Å²) in [6.45, 7) is 0.642. The van der Waals surface area contributed by atoms with Gasteiger partial charge in [0.1, 0.15) is 18.2 Å². The number of rotatable bonds is 9. The van der Waals surface area contributed by atoms with Crippen LogP contribution in [0.25, 0.3) is 0 Å². The highest BCUT2D eigenvalue weighted by molar-refractivity contribution is 7.89. The molecule has 0 spiro atoms. The van der Waals surface area contributed by atoms with Gasteiger partial charge in [-0.2, -0.15) is 0 Å². The molecule has 1 heterocycles. The van der Waals surface area contributed by atoms with E-state index in [1.165, 1.54) is 0 Å². The van der Waals surface area contributed by atoms with Crippen molar-refractivity contribution in [2.24, 2.45) is 7.05 Å². The Bertz CT molecular complexity index is 1150. The Morgan fingerprint density at radius 3 is 2.45 bits per heavy atom. The first-order valence-corrected chi connectivity index (χ1v) is 11.5. The quantitative estimate of drug-likeness (QED) is 0.532. The number of aromatic nitrogens is 2. The fraction of sp³-hybridized carbons (Fsp3) is 0.273. The van der Waals surface area contributed by atoms with Crippen LogP contribution in [0.1, 0.15) is 34.6 Å². The van der Waals surface area contributed by atoms with Crippen molar-refractivity contribution in [1.29, 1.82) is 0 Å². The Balaban J connectivity index is 1.28. The monoisotopic (exact) mass is 440 g/mol. The number of amides is 1. The zero-order chi connectivity index (χ0) is 21.8. The lowest BCUT2D eigenvalue weighted by Gasteiger charge is -2.09. The van der Waals surface area contributed by atoms with Crippen LogP contribution in [0, 0.1) is 0 Å². The van der Waals surface area contributed by atoms with Crippen LogP contribution in [0.3, 0.4) is 0 Å². The van der Waals surface area contributed by atoms with Crippen LogP contribution >= 0.6 is 0 Å². The highest BCUT2D eigenvalue weighted by Crippen LogP contribution is 2.22. The molecule has 0 bridgehead atoms. The van der Waals surface area contributed by atoms with Gasteiger partial charge < -0.3 is 14.6 Å². The third-order valence-electron chi connectivity index (χ3n) is 4.99. The molecule has 0 aliphatic heterocycles. The Morgan fingerprint density at radius 2 is 1.84 bits per heavy atom. The lowest BCUT2D eigenvalue weighted by Crippen LogP contribution is -2.26. The highest BCUT2D eigenvalue weighted by atomic mass is 32.2. The first-order valence-electron chi connectivity index (χ1n) is 9.99. The van der Waals surface area contributed by atoms with E-state index in [1.807, 2.05) is 17.8 Å². The standard InChI is InChI=1S/C22H24N4O4S/c1-26-13-12-23-21(26)15-30-19-8-4-17(5-9-19)22(27)24-14-16-2-10-20(11-3-16)31(28,29)25-18-6-7-18/h2-5,8-13,18,25H,6-7,14-15H2,1H3,(H,24,27). The molecule has 0 saturated heterocycles. The summed E-state index contributed by atoms with van der Waals surface area (Å²) >= 11 is 0. The van der Waals surface area contributed by atoms with Gasteiger partial charge in [-0.05, 0) is 54.8 Å². The first-order chi connectivity index (χ1) is 14.9. The molecular weight excluding hydrogens is 416 g/mol. The topological polar surface area (TPSA) is 102 Å². The maximum Gasteiger partial charge on any atom is 0.251 e. The van der Waals surface area contributed by atoms with Gasteiger partial charge in [0.05, 0.1) is 4.90 Å². The van der Waals surface area contributed by atoms with Crippen LogP contribution in [0.15, 0.2) is 65.8 Å². The lowest BCUT2D eigenvalue weighted by molar-refractivity contribution is 0.0951. The second-order valence-corrected chi connectivity index (χ2v) is 9.20. The van der Waals surface area contributed by atoms with Crippen LogP contribution in [0.2, 0.25) is 0 Å². The van der Waals surface area contributed by atoms with Gasteiger partial charge in [-0.25, -0.2) is 18.1 Å². The van der Waals surface area contributed by atoms with Gasteiger partial charge in [0, 0.05) is 37.6 Å². The molecule has 0 unspecified atom stereocenters. The number of aryl methyl sites for hydroxylation is 1. The zero-order valence-electron chi connectivity index (χ0n) is 17.1. The van der Waals surface area contributed by atoms with Gasteiger partial charge in [0.15, 0.2) is 0 Å². The van der Waals surface area contributed by atoms with Crippen molar-refractivity contribution in [2.45, 2.75) is 36.9 Å². The van der Waals surface area contributed by atoms with Crippen LogP contribution in [0.4, 0.5) is 0 Å². The van der Waals surface area contributed by atoms with Crippen LogP contribution in [-0.4, -0.2) is 29.9 Å². The Hall–Kier alpha value is -3.17. The highest BCUT2D eigenvalue weighted by Gasteiger charge is 2.27. The third kappa shape index (κ3) is 5.50. The number of hydrogen-bond acceptors (Lipinski definition) is 5. The number of carbonyl (C=O) groups excluding carboxylic acids is 1. The summed E-state index contributed by atoms with van der Waals surface area (Å²) in [5, 5.41) is 2.84. The van der Waals surface area contributed by atoms with Crippen LogP contribution < -0.4 is 14.8 Å². The van der Waals surface area contributed by atoms with Crippen molar-refractivity contribution in [3.63, 3.8) is 0 Å². The maximum absolute atomic E-state index is 12.4. The molecule has 3 aromatic rings. The summed E-state index contributed by atoms with van der Waals surface area (Å²) in [6, 6.07) is 13.5. The smallest absolute Gasteiger partial charge is 0.251 e. The fourth-order valence-electron chi connectivity index (χ4n) is 2.95. The molecule has 1 aliphatic carbocycles. The van der Waals surface area contributed by atoms with E-state index >= 15 is 0 Å². The Kier molecular flexibility index (Phi) is 6.06. The summed E-state index contributed by atoms with van der Waals surface area (Å²) < 4.78 is 34.6. The molecule has 0 radical (unpaired) electrons. The number of sulfonamides is 1. The van der Waals surface area contributed by atoms with E-state index in [4.69, 9.17) is 4.74 Å². The minimum absolute atomic E-state index is 0.0653. The number of carbonyl (C=O) groups is 1. The van der Waals surface area contributed by atoms with E-state index in [-0.39, 0.29) is 16.8 Å². The van der Waals surface area contributed by atoms with Crippen molar-refractivity contribution in [1.82, 2.24) is 19.6 Å². The van der Waals surface area contributed by atoms with E-state index < -0.39 is 10.0 Å². The van der Waals surface area contributed by atoms with Crippen molar-refractivity contribution in [3.8, 4) is 5.75 Å². The molecule has 1 saturated carbocycles. The average Bonchev–Trinajstić information content (AvgIpc) is 3.48. The molecule has 1 aliphatic rings. The van der Waals surface area contributed by atoms with Gasteiger partial charge in [-0.3, -0.25) is 4.79 Å². The molecule has 4 rings (SSSR count). The fourth-order valence-corrected chi connectivity index (χ4v) is 4.25. The van der Waals surface area contributed by atoms with E-state index in [0.29, 0.717) is 24.5 Å². The molecule has 162 valence electrons. The third-order valence-corrected chi connectivity index (χ3v) is 6.53. The Labute approximate surface area is 181 Å². The number of nitrogens with zero attached hydrogens (tertiary/aromatic N) is 2. The molecule has 1 fully saturated rings. The van der Waals surface area contributed by atoms with Crippen LogP contribution in [-0.2, 0) is 30.2 Å². The number of ether oxygens (including phenoxy) is 1. The molecule has 1 aromatic heterocycles. The normalized spacial score (nSPS) is 13.7. The van der Waals surface area contributed by atoms with Gasteiger partial charge in [0.2, 0.25) is 10.0 Å². The summed E-state index contributed by atoms with van der Waals surface area (Å²) in [6.07, 6.45) is 5.34. The number of benzene rings is 2. The number of hydrogen-bond donors (Lipinski definition) is 2. The van der Waals surface area contributed by atoms with Crippen molar-refractivity contribution in [3.05, 3.63) is 77.9 Å². The van der Waals surface area contributed by atoms with Gasteiger partial charge in [-0.1, -0.05) is 12.1 Å². The molecule has 31 heavy (non-hydrogen) atoms. The Morgan fingerprint density at radius 1 is 1.13 bits per heavy atom. The maximum atomic E-state index is 12.4. The number of imidazole rings is 1.